The summed E-state index contributed by atoms with van der Waals surface area (Å²) in [7, 11) is 2.00. The van der Waals surface area contributed by atoms with Gasteiger partial charge in [-0.1, -0.05) is 0 Å². The zero-order chi connectivity index (χ0) is 12.5. The van der Waals surface area contributed by atoms with Gasteiger partial charge in [-0.15, -0.1) is 22.7 Å². The molecule has 0 amide bonds. The Balaban J connectivity index is 2.08. The molecule has 3 heterocycles. The Bertz CT molecular complexity index is 669. The van der Waals surface area contributed by atoms with Gasteiger partial charge in [0.2, 0.25) is 0 Å². The minimum atomic E-state index is 0.240. The topological polar surface area (TPSA) is 24.9 Å². The molecule has 0 aromatic carbocycles. The van der Waals surface area contributed by atoms with Crippen LogP contribution in [0.4, 0.5) is 0 Å². The first-order chi connectivity index (χ1) is 8.79. The van der Waals surface area contributed by atoms with Crippen molar-refractivity contribution in [3.05, 3.63) is 51.2 Å². The maximum absolute atomic E-state index is 4.52. The molecule has 3 aromatic heterocycles. The Labute approximate surface area is 114 Å². The minimum absolute atomic E-state index is 0.240. The number of hydrogen-bond acceptors (Lipinski definition) is 4. The molecule has 4 heteroatoms. The van der Waals surface area contributed by atoms with Crippen molar-refractivity contribution in [1.29, 1.82) is 0 Å². The van der Waals surface area contributed by atoms with E-state index in [0.717, 1.165) is 5.52 Å². The molecule has 2 nitrogen and oxygen atoms in total. The van der Waals surface area contributed by atoms with E-state index < -0.39 is 0 Å². The third kappa shape index (κ3) is 1.96. The molecule has 3 aromatic rings. The fourth-order valence-corrected chi connectivity index (χ4v) is 4.00. The van der Waals surface area contributed by atoms with Gasteiger partial charge in [-0.25, -0.2) is 0 Å². The van der Waals surface area contributed by atoms with Crippen molar-refractivity contribution in [3.63, 3.8) is 0 Å². The molecule has 1 unspecified atom stereocenters. The molecule has 92 valence electrons. The van der Waals surface area contributed by atoms with E-state index in [1.54, 1.807) is 22.7 Å². The highest BCUT2D eigenvalue weighted by atomic mass is 32.1. The molecule has 0 fully saturated rings. The van der Waals surface area contributed by atoms with Crippen LogP contribution in [0, 0.1) is 6.92 Å². The molecule has 18 heavy (non-hydrogen) atoms. The second kappa shape index (κ2) is 4.80. The van der Waals surface area contributed by atoms with E-state index in [2.05, 4.69) is 46.2 Å². The average molecular weight is 274 g/mol. The van der Waals surface area contributed by atoms with Gasteiger partial charge in [0, 0.05) is 11.1 Å². The van der Waals surface area contributed by atoms with Gasteiger partial charge in [0.05, 0.1) is 16.3 Å². The fourth-order valence-electron chi connectivity index (χ4n) is 2.15. The van der Waals surface area contributed by atoms with Crippen LogP contribution >= 0.6 is 22.7 Å². The van der Waals surface area contributed by atoms with Crippen LogP contribution in [0.3, 0.4) is 0 Å². The molecule has 0 aliphatic rings. The van der Waals surface area contributed by atoms with E-state index in [1.165, 1.54) is 20.7 Å². The molecule has 0 saturated carbocycles. The van der Waals surface area contributed by atoms with Gasteiger partial charge in [0.1, 0.15) is 0 Å². The normalized spacial score (nSPS) is 13.0. The number of fused-ring (bicyclic) bond motifs is 1. The lowest BCUT2D eigenvalue weighted by Gasteiger charge is -2.16. The Hall–Kier alpha value is -1.23. The molecule has 0 spiro atoms. The first-order valence-electron chi connectivity index (χ1n) is 5.84. The van der Waals surface area contributed by atoms with Gasteiger partial charge in [-0.05, 0) is 54.1 Å². The van der Waals surface area contributed by atoms with Crippen molar-refractivity contribution in [3.8, 4) is 0 Å². The molecule has 3 rings (SSSR count). The van der Waals surface area contributed by atoms with E-state index in [1.807, 2.05) is 13.2 Å². The largest absolute Gasteiger partial charge is 0.309 e. The Morgan fingerprint density at radius 2 is 2.06 bits per heavy atom. The van der Waals surface area contributed by atoms with E-state index >= 15 is 0 Å². The molecule has 0 bridgehead atoms. The number of aryl methyl sites for hydroxylation is 1. The number of nitrogens with one attached hydrogen (secondary N) is 1. The third-order valence-electron chi connectivity index (χ3n) is 3.11. The molecular weight excluding hydrogens is 260 g/mol. The van der Waals surface area contributed by atoms with Crippen LogP contribution < -0.4 is 5.32 Å². The number of thiophene rings is 2. The summed E-state index contributed by atoms with van der Waals surface area (Å²) in [6.07, 6.45) is 1.98. The maximum atomic E-state index is 4.52. The first kappa shape index (κ1) is 11.8. The summed E-state index contributed by atoms with van der Waals surface area (Å²) in [5.41, 5.74) is 3.66. The second-order valence-electron chi connectivity index (χ2n) is 4.26. The predicted molar refractivity (Wildman–Crippen MR) is 79.6 cm³/mol. The van der Waals surface area contributed by atoms with Crippen LogP contribution in [-0.2, 0) is 0 Å². The van der Waals surface area contributed by atoms with Gasteiger partial charge in [0.25, 0.3) is 0 Å². The van der Waals surface area contributed by atoms with Crippen LogP contribution in [0.25, 0.3) is 10.2 Å². The number of nitrogens with zero attached hydrogens (tertiary/aromatic N) is 1. The monoisotopic (exact) mass is 274 g/mol. The molecule has 0 aliphatic carbocycles. The summed E-state index contributed by atoms with van der Waals surface area (Å²) in [4.78, 5) is 5.90. The Morgan fingerprint density at radius 1 is 1.22 bits per heavy atom. The molecular formula is C14H14N2S2. The second-order valence-corrected chi connectivity index (χ2v) is 6.16. The Morgan fingerprint density at radius 3 is 2.78 bits per heavy atom. The predicted octanol–water partition coefficient (Wildman–Crippen LogP) is 3.98. The first-order valence-corrected chi connectivity index (χ1v) is 7.60. The molecule has 0 aliphatic heterocycles. The van der Waals surface area contributed by atoms with Gasteiger partial charge in [-0.3, -0.25) is 4.98 Å². The van der Waals surface area contributed by atoms with Crippen LogP contribution in [0.1, 0.15) is 22.0 Å². The summed E-state index contributed by atoms with van der Waals surface area (Å²) in [6.45, 7) is 2.16. The van der Waals surface area contributed by atoms with Gasteiger partial charge >= 0.3 is 0 Å². The highest BCUT2D eigenvalue weighted by Gasteiger charge is 2.16. The molecule has 0 radical (unpaired) electrons. The third-order valence-corrected chi connectivity index (χ3v) is 5.05. The fraction of sp³-hybridized carbons (Fsp3) is 0.214. The van der Waals surface area contributed by atoms with Gasteiger partial charge < -0.3 is 5.32 Å². The van der Waals surface area contributed by atoms with Crippen molar-refractivity contribution >= 4 is 32.9 Å². The van der Waals surface area contributed by atoms with E-state index in [0.29, 0.717) is 0 Å². The zero-order valence-corrected chi connectivity index (χ0v) is 11.9. The summed E-state index contributed by atoms with van der Waals surface area (Å²) < 4.78 is 1.25. The van der Waals surface area contributed by atoms with E-state index in [-0.39, 0.29) is 6.04 Å². The molecule has 0 saturated heterocycles. The lowest BCUT2D eigenvalue weighted by molar-refractivity contribution is 0.699. The lowest BCUT2D eigenvalue weighted by atomic mass is 10.1. The standard InChI is InChI=1S/C14H14N2S2/c1-9-3-5-18-14(9)13(15-2)10-7-12-11(16-8-10)4-6-17-12/h3-8,13,15H,1-2H3. The summed E-state index contributed by atoms with van der Waals surface area (Å²) >= 11 is 3.54. The zero-order valence-electron chi connectivity index (χ0n) is 10.3. The number of aromatic nitrogens is 1. The van der Waals surface area contributed by atoms with Crippen LogP contribution in [-0.4, -0.2) is 12.0 Å². The van der Waals surface area contributed by atoms with Crippen molar-refractivity contribution in [2.45, 2.75) is 13.0 Å². The van der Waals surface area contributed by atoms with E-state index in [4.69, 9.17) is 0 Å². The summed E-state index contributed by atoms with van der Waals surface area (Å²) in [5, 5.41) is 7.63. The minimum Gasteiger partial charge on any atom is -0.309 e. The smallest absolute Gasteiger partial charge is 0.0809 e. The SMILES string of the molecule is CNC(c1cnc2ccsc2c1)c1sccc1C. The molecule has 1 N–H and O–H groups in total. The van der Waals surface area contributed by atoms with Crippen molar-refractivity contribution in [1.82, 2.24) is 10.3 Å². The van der Waals surface area contributed by atoms with Gasteiger partial charge in [-0.2, -0.15) is 0 Å². The van der Waals surface area contributed by atoms with Crippen LogP contribution in [0.5, 0.6) is 0 Å². The van der Waals surface area contributed by atoms with Crippen LogP contribution in [0.15, 0.2) is 35.2 Å². The average Bonchev–Trinajstić information content (AvgIpc) is 2.99. The quantitative estimate of drug-likeness (QED) is 0.781. The lowest BCUT2D eigenvalue weighted by Crippen LogP contribution is -2.17. The number of pyridine rings is 1. The summed E-state index contributed by atoms with van der Waals surface area (Å²) in [5.74, 6) is 0. The summed E-state index contributed by atoms with van der Waals surface area (Å²) in [6, 6.07) is 6.72. The van der Waals surface area contributed by atoms with Crippen molar-refractivity contribution < 1.29 is 0 Å². The highest BCUT2D eigenvalue weighted by molar-refractivity contribution is 7.17. The van der Waals surface area contributed by atoms with Crippen molar-refractivity contribution in [2.24, 2.45) is 0 Å². The Kier molecular flexibility index (Phi) is 3.16. The van der Waals surface area contributed by atoms with Crippen molar-refractivity contribution in [2.75, 3.05) is 7.05 Å². The number of rotatable bonds is 3. The van der Waals surface area contributed by atoms with E-state index in [9.17, 15) is 0 Å². The molecule has 1 atom stereocenters. The number of hydrogen-bond donors (Lipinski definition) is 1. The van der Waals surface area contributed by atoms with Gasteiger partial charge in [0.15, 0.2) is 0 Å². The van der Waals surface area contributed by atoms with Crippen LogP contribution in [0.2, 0.25) is 0 Å². The highest BCUT2D eigenvalue weighted by Crippen LogP contribution is 2.31. The maximum Gasteiger partial charge on any atom is 0.0809 e.